The van der Waals surface area contributed by atoms with Crippen LogP contribution in [0.3, 0.4) is 0 Å². The van der Waals surface area contributed by atoms with Crippen LogP contribution < -0.4 is 5.14 Å². The zero-order chi connectivity index (χ0) is 8.04. The van der Waals surface area contributed by atoms with E-state index in [-0.39, 0.29) is 6.61 Å². The van der Waals surface area contributed by atoms with Gasteiger partial charge in [-0.25, -0.2) is 5.14 Å². The summed E-state index contributed by atoms with van der Waals surface area (Å²) in [6.07, 6.45) is 4.25. The van der Waals surface area contributed by atoms with Crippen molar-refractivity contribution in [1.82, 2.24) is 0 Å². The van der Waals surface area contributed by atoms with Crippen molar-refractivity contribution in [2.45, 2.75) is 13.3 Å². The van der Waals surface area contributed by atoms with E-state index in [2.05, 4.69) is 9.32 Å². The first-order chi connectivity index (χ1) is 4.56. The minimum Gasteiger partial charge on any atom is -0.254 e. The monoisotopic (exact) mass is 165 g/mol. The Morgan fingerprint density at radius 1 is 1.50 bits per heavy atom. The smallest absolute Gasteiger partial charge is 0.254 e. The van der Waals surface area contributed by atoms with Crippen LogP contribution in [0.5, 0.6) is 0 Å². The van der Waals surface area contributed by atoms with E-state index < -0.39 is 10.3 Å². The fourth-order valence-electron chi connectivity index (χ4n) is 0.369. The Morgan fingerprint density at radius 2 is 2.10 bits per heavy atom. The van der Waals surface area contributed by atoms with Crippen LogP contribution in [0.4, 0.5) is 0 Å². The molecular weight excluding hydrogens is 154 g/mol. The molecule has 0 radical (unpaired) electrons. The fourth-order valence-corrected chi connectivity index (χ4v) is 0.637. The van der Waals surface area contributed by atoms with E-state index in [9.17, 15) is 8.42 Å². The molecule has 4 nitrogen and oxygen atoms in total. The first-order valence-electron chi connectivity index (χ1n) is 2.88. The molecule has 0 aliphatic carbocycles. The molecule has 0 bridgehead atoms. The molecule has 5 heteroatoms. The van der Waals surface area contributed by atoms with Crippen molar-refractivity contribution in [3.8, 4) is 0 Å². The highest BCUT2D eigenvalue weighted by atomic mass is 32.2. The summed E-state index contributed by atoms with van der Waals surface area (Å²) in [5, 5.41) is 4.53. The standard InChI is InChI=1S/C5H11NO3S/c1-2-3-4-5-9-10(6,7)8/h3-4H,2,5H2,1H3,(H2,6,7,8)/b4-3+. The normalized spacial score (nSPS) is 12.6. The fraction of sp³-hybridized carbons (Fsp3) is 0.600. The molecule has 0 aromatic heterocycles. The van der Waals surface area contributed by atoms with Crippen molar-refractivity contribution in [1.29, 1.82) is 0 Å². The molecule has 0 heterocycles. The molecule has 0 aliphatic rings. The van der Waals surface area contributed by atoms with Gasteiger partial charge >= 0.3 is 10.3 Å². The molecule has 0 spiro atoms. The van der Waals surface area contributed by atoms with Crippen molar-refractivity contribution < 1.29 is 12.6 Å². The summed E-state index contributed by atoms with van der Waals surface area (Å²) in [7, 11) is -3.76. The van der Waals surface area contributed by atoms with Crippen LogP contribution in [0.25, 0.3) is 0 Å². The molecule has 0 unspecified atom stereocenters. The molecule has 0 saturated carbocycles. The minimum atomic E-state index is -3.76. The van der Waals surface area contributed by atoms with Crippen LogP contribution in [-0.2, 0) is 14.5 Å². The summed E-state index contributed by atoms with van der Waals surface area (Å²) >= 11 is 0. The SMILES string of the molecule is CC/C=C/COS(N)(=O)=O. The maximum atomic E-state index is 10.1. The molecule has 0 atom stereocenters. The van der Waals surface area contributed by atoms with E-state index in [0.29, 0.717) is 0 Å². The Labute approximate surface area is 60.9 Å². The van der Waals surface area contributed by atoms with Crippen molar-refractivity contribution in [2.75, 3.05) is 6.61 Å². The number of hydrogen-bond acceptors (Lipinski definition) is 3. The van der Waals surface area contributed by atoms with Crippen molar-refractivity contribution >= 4 is 10.3 Å². The predicted octanol–water partition coefficient (Wildman–Crippen LogP) is 0.173. The third kappa shape index (κ3) is 7.61. The molecule has 0 rings (SSSR count). The van der Waals surface area contributed by atoms with Gasteiger partial charge in [0, 0.05) is 0 Å². The third-order valence-electron chi connectivity index (χ3n) is 0.731. The second-order valence-electron chi connectivity index (χ2n) is 1.66. The molecule has 60 valence electrons. The number of nitrogens with two attached hydrogens (primary N) is 1. The Morgan fingerprint density at radius 3 is 2.50 bits per heavy atom. The lowest BCUT2D eigenvalue weighted by atomic mass is 10.4. The van der Waals surface area contributed by atoms with Crippen LogP contribution in [0.15, 0.2) is 12.2 Å². The Hall–Kier alpha value is -0.390. The maximum Gasteiger partial charge on any atom is 0.333 e. The van der Waals surface area contributed by atoms with Crippen LogP contribution in [-0.4, -0.2) is 15.0 Å². The van der Waals surface area contributed by atoms with Gasteiger partial charge in [0.15, 0.2) is 0 Å². The van der Waals surface area contributed by atoms with Crippen LogP contribution in [0.1, 0.15) is 13.3 Å². The number of rotatable bonds is 4. The number of hydrogen-bond donors (Lipinski definition) is 1. The summed E-state index contributed by atoms with van der Waals surface area (Å²) in [4.78, 5) is 0. The van der Waals surface area contributed by atoms with E-state index >= 15 is 0 Å². The van der Waals surface area contributed by atoms with E-state index in [4.69, 9.17) is 0 Å². The van der Waals surface area contributed by atoms with Gasteiger partial charge in [-0.05, 0) is 6.42 Å². The van der Waals surface area contributed by atoms with E-state index in [1.807, 2.05) is 6.92 Å². The summed E-state index contributed by atoms with van der Waals surface area (Å²) in [5.41, 5.74) is 0. The molecular formula is C5H11NO3S. The lowest BCUT2D eigenvalue weighted by Gasteiger charge is -1.93. The first-order valence-corrected chi connectivity index (χ1v) is 4.35. The van der Waals surface area contributed by atoms with E-state index in [1.165, 1.54) is 0 Å². The van der Waals surface area contributed by atoms with Gasteiger partial charge in [0.2, 0.25) is 0 Å². The van der Waals surface area contributed by atoms with E-state index in [0.717, 1.165) is 6.42 Å². The van der Waals surface area contributed by atoms with Gasteiger partial charge in [0.05, 0.1) is 6.61 Å². The topological polar surface area (TPSA) is 69.4 Å². The van der Waals surface area contributed by atoms with Crippen LogP contribution in [0, 0.1) is 0 Å². The highest BCUT2D eigenvalue weighted by Gasteiger charge is 1.96. The van der Waals surface area contributed by atoms with Gasteiger partial charge in [-0.2, -0.15) is 8.42 Å². The van der Waals surface area contributed by atoms with Crippen LogP contribution in [0.2, 0.25) is 0 Å². The average molecular weight is 165 g/mol. The minimum absolute atomic E-state index is 0.0205. The quantitative estimate of drug-likeness (QED) is 0.604. The van der Waals surface area contributed by atoms with Crippen LogP contribution >= 0.6 is 0 Å². The third-order valence-corrected chi connectivity index (χ3v) is 1.20. The summed E-state index contributed by atoms with van der Waals surface area (Å²) in [6, 6.07) is 0. The van der Waals surface area contributed by atoms with E-state index in [1.54, 1.807) is 12.2 Å². The summed E-state index contributed by atoms with van der Waals surface area (Å²) < 4.78 is 24.4. The van der Waals surface area contributed by atoms with Crippen molar-refractivity contribution in [2.24, 2.45) is 5.14 Å². The second kappa shape index (κ2) is 4.43. The Balaban J connectivity index is 3.48. The molecule has 0 amide bonds. The average Bonchev–Trinajstić information content (AvgIpc) is 1.78. The molecule has 0 aliphatic heterocycles. The van der Waals surface area contributed by atoms with Gasteiger partial charge < -0.3 is 0 Å². The largest absolute Gasteiger partial charge is 0.333 e. The number of allylic oxidation sites excluding steroid dienone is 1. The summed E-state index contributed by atoms with van der Waals surface area (Å²) in [5.74, 6) is 0. The van der Waals surface area contributed by atoms with Gasteiger partial charge in [-0.15, -0.1) is 0 Å². The lowest BCUT2D eigenvalue weighted by molar-refractivity contribution is 0.357. The Bertz CT molecular complexity index is 195. The van der Waals surface area contributed by atoms with Gasteiger partial charge in [-0.3, -0.25) is 4.18 Å². The van der Waals surface area contributed by atoms with Gasteiger partial charge in [0.1, 0.15) is 0 Å². The molecule has 0 fully saturated rings. The maximum absolute atomic E-state index is 10.1. The van der Waals surface area contributed by atoms with Crippen molar-refractivity contribution in [3.05, 3.63) is 12.2 Å². The zero-order valence-electron chi connectivity index (χ0n) is 5.78. The lowest BCUT2D eigenvalue weighted by Crippen LogP contribution is -2.15. The molecule has 2 N–H and O–H groups in total. The molecule has 0 aromatic carbocycles. The highest BCUT2D eigenvalue weighted by molar-refractivity contribution is 7.84. The Kier molecular flexibility index (Phi) is 4.26. The van der Waals surface area contributed by atoms with Gasteiger partial charge in [0.25, 0.3) is 0 Å². The summed E-state index contributed by atoms with van der Waals surface area (Å²) in [6.45, 7) is 1.96. The molecule has 0 aromatic rings. The van der Waals surface area contributed by atoms with Crippen molar-refractivity contribution in [3.63, 3.8) is 0 Å². The predicted molar refractivity (Wildman–Crippen MR) is 38.5 cm³/mol. The highest BCUT2D eigenvalue weighted by Crippen LogP contribution is 1.84. The van der Waals surface area contributed by atoms with Gasteiger partial charge in [-0.1, -0.05) is 19.1 Å². The molecule has 10 heavy (non-hydrogen) atoms. The zero-order valence-corrected chi connectivity index (χ0v) is 6.60. The second-order valence-corrected chi connectivity index (χ2v) is 2.88. The first kappa shape index (κ1) is 9.61. The molecule has 0 saturated heterocycles.